The lowest BCUT2D eigenvalue weighted by Gasteiger charge is -2.34. The molecule has 150 valence electrons. The first-order valence-electron chi connectivity index (χ1n) is 9.54. The highest BCUT2D eigenvalue weighted by Crippen LogP contribution is 2.17. The molecule has 1 amide bonds. The number of benzene rings is 2. The second-order valence-electron chi connectivity index (χ2n) is 7.00. The molecule has 0 unspecified atom stereocenters. The molecule has 0 atom stereocenters. The van der Waals surface area contributed by atoms with Crippen molar-refractivity contribution in [1.82, 2.24) is 20.0 Å². The van der Waals surface area contributed by atoms with Gasteiger partial charge in [-0.1, -0.05) is 53.3 Å². The maximum absolute atomic E-state index is 12.3. The molecule has 1 saturated heterocycles. The lowest BCUT2D eigenvalue weighted by Crippen LogP contribution is -2.45. The van der Waals surface area contributed by atoms with Crippen molar-refractivity contribution in [2.75, 3.05) is 31.5 Å². The first-order chi connectivity index (χ1) is 14.2. The van der Waals surface area contributed by atoms with Gasteiger partial charge in [-0.05, 0) is 29.8 Å². The van der Waals surface area contributed by atoms with Crippen LogP contribution in [0, 0.1) is 0 Å². The minimum atomic E-state index is -0.216. The minimum absolute atomic E-state index is 0.216. The molecule has 0 bridgehead atoms. The first kappa shape index (κ1) is 20.0. The fourth-order valence-electron chi connectivity index (χ4n) is 3.31. The summed E-state index contributed by atoms with van der Waals surface area (Å²) in [6, 6.07) is 17.4. The van der Waals surface area contributed by atoms with Crippen LogP contribution in [0.2, 0.25) is 5.02 Å². The van der Waals surface area contributed by atoms with E-state index in [0.717, 1.165) is 55.0 Å². The summed E-state index contributed by atoms with van der Waals surface area (Å²) in [6.45, 7) is 5.55. The second kappa shape index (κ2) is 9.45. The minimum Gasteiger partial charge on any atom is -0.320 e. The number of anilines is 1. The summed E-state index contributed by atoms with van der Waals surface area (Å²) >= 11 is 7.43. The van der Waals surface area contributed by atoms with Crippen LogP contribution in [0.25, 0.3) is 0 Å². The molecule has 1 aromatic heterocycles. The van der Waals surface area contributed by atoms with Gasteiger partial charge in [-0.3, -0.25) is 14.6 Å². The molecule has 0 aliphatic carbocycles. The molecular formula is C21H22ClN5OS. The monoisotopic (exact) mass is 427 g/mol. The van der Waals surface area contributed by atoms with Gasteiger partial charge in [0.2, 0.25) is 5.01 Å². The van der Waals surface area contributed by atoms with E-state index in [-0.39, 0.29) is 5.91 Å². The summed E-state index contributed by atoms with van der Waals surface area (Å²) in [6.07, 6.45) is 0. The summed E-state index contributed by atoms with van der Waals surface area (Å²) in [5.74, 6) is -0.216. The summed E-state index contributed by atoms with van der Waals surface area (Å²) < 4.78 is 0. The molecule has 4 rings (SSSR count). The Morgan fingerprint density at radius 2 is 1.69 bits per heavy atom. The largest absolute Gasteiger partial charge is 0.320 e. The zero-order chi connectivity index (χ0) is 20.1. The van der Waals surface area contributed by atoms with Crippen LogP contribution < -0.4 is 5.32 Å². The molecule has 1 aliphatic rings. The number of carbonyl (C=O) groups is 1. The number of rotatable bonds is 6. The molecule has 0 saturated carbocycles. The molecule has 1 fully saturated rings. The van der Waals surface area contributed by atoms with Gasteiger partial charge >= 0.3 is 0 Å². The molecule has 0 radical (unpaired) electrons. The molecule has 0 spiro atoms. The van der Waals surface area contributed by atoms with E-state index in [4.69, 9.17) is 11.6 Å². The first-order valence-corrected chi connectivity index (χ1v) is 10.7. The van der Waals surface area contributed by atoms with Gasteiger partial charge in [-0.15, -0.1) is 10.2 Å². The molecule has 6 nitrogen and oxygen atoms in total. The predicted molar refractivity (Wildman–Crippen MR) is 116 cm³/mol. The van der Waals surface area contributed by atoms with Gasteiger partial charge in [-0.25, -0.2) is 0 Å². The van der Waals surface area contributed by atoms with Crippen LogP contribution >= 0.6 is 22.9 Å². The lowest BCUT2D eigenvalue weighted by molar-refractivity contribution is 0.102. The van der Waals surface area contributed by atoms with E-state index >= 15 is 0 Å². The summed E-state index contributed by atoms with van der Waals surface area (Å²) in [4.78, 5) is 17.1. The van der Waals surface area contributed by atoms with Crippen molar-refractivity contribution >= 4 is 34.5 Å². The third-order valence-corrected chi connectivity index (χ3v) is 5.95. The van der Waals surface area contributed by atoms with Crippen molar-refractivity contribution in [3.8, 4) is 0 Å². The molecule has 2 heterocycles. The Morgan fingerprint density at radius 3 is 2.41 bits per heavy atom. The van der Waals surface area contributed by atoms with Gasteiger partial charge in [0.15, 0.2) is 0 Å². The highest BCUT2D eigenvalue weighted by Gasteiger charge is 2.20. The molecule has 1 aliphatic heterocycles. The Kier molecular flexibility index (Phi) is 6.51. The van der Waals surface area contributed by atoms with Crippen LogP contribution in [0.5, 0.6) is 0 Å². The average molecular weight is 428 g/mol. The van der Waals surface area contributed by atoms with Gasteiger partial charge in [0.25, 0.3) is 5.91 Å². The van der Waals surface area contributed by atoms with Crippen LogP contribution in [-0.4, -0.2) is 52.1 Å². The van der Waals surface area contributed by atoms with E-state index in [9.17, 15) is 4.79 Å². The molecule has 2 aromatic carbocycles. The highest BCUT2D eigenvalue weighted by atomic mass is 35.5. The smallest absolute Gasteiger partial charge is 0.286 e. The lowest BCUT2D eigenvalue weighted by atomic mass is 10.2. The van der Waals surface area contributed by atoms with Crippen LogP contribution in [0.1, 0.15) is 20.4 Å². The van der Waals surface area contributed by atoms with Crippen LogP contribution in [0.4, 0.5) is 5.69 Å². The number of hydrogen-bond donors (Lipinski definition) is 1. The summed E-state index contributed by atoms with van der Waals surface area (Å²) in [5.41, 5.74) is 1.99. The highest BCUT2D eigenvalue weighted by molar-refractivity contribution is 7.13. The number of amides is 1. The van der Waals surface area contributed by atoms with E-state index in [2.05, 4.69) is 31.4 Å². The standard InChI is InChI=1S/C21H22ClN5OS/c22-17-6-4-5-16(13-17)14-26-9-11-27(12-10-26)15-19-24-25-21(29-19)20(28)23-18-7-2-1-3-8-18/h1-8,13H,9-12,14-15H2,(H,23,28). The Hall–Kier alpha value is -2.32. The Balaban J connectivity index is 1.26. The number of carbonyl (C=O) groups excluding carboxylic acids is 1. The van der Waals surface area contributed by atoms with E-state index in [1.54, 1.807) is 0 Å². The van der Waals surface area contributed by atoms with Crippen LogP contribution in [-0.2, 0) is 13.1 Å². The van der Waals surface area contributed by atoms with Gasteiger partial charge < -0.3 is 5.32 Å². The quantitative estimate of drug-likeness (QED) is 0.649. The number of nitrogens with zero attached hydrogens (tertiary/aromatic N) is 4. The number of aromatic nitrogens is 2. The number of piperazine rings is 1. The van der Waals surface area contributed by atoms with Crippen LogP contribution in [0.15, 0.2) is 54.6 Å². The topological polar surface area (TPSA) is 61.4 Å². The van der Waals surface area contributed by atoms with Crippen molar-refractivity contribution in [3.63, 3.8) is 0 Å². The average Bonchev–Trinajstić information content (AvgIpc) is 3.19. The predicted octanol–water partition coefficient (Wildman–Crippen LogP) is 3.76. The molecule has 3 aromatic rings. The summed E-state index contributed by atoms with van der Waals surface area (Å²) in [5, 5.41) is 13.2. The van der Waals surface area contributed by atoms with Crippen molar-refractivity contribution < 1.29 is 4.79 Å². The Labute approximate surface area is 179 Å². The number of nitrogens with one attached hydrogen (secondary N) is 1. The van der Waals surface area contributed by atoms with E-state index < -0.39 is 0 Å². The zero-order valence-corrected chi connectivity index (χ0v) is 17.5. The Morgan fingerprint density at radius 1 is 0.966 bits per heavy atom. The fourth-order valence-corrected chi connectivity index (χ4v) is 4.30. The van der Waals surface area contributed by atoms with Crippen molar-refractivity contribution in [2.45, 2.75) is 13.1 Å². The number of hydrogen-bond acceptors (Lipinski definition) is 6. The second-order valence-corrected chi connectivity index (χ2v) is 8.50. The maximum Gasteiger partial charge on any atom is 0.286 e. The van der Waals surface area contributed by atoms with Crippen molar-refractivity contribution in [1.29, 1.82) is 0 Å². The third kappa shape index (κ3) is 5.61. The SMILES string of the molecule is O=C(Nc1ccccc1)c1nnc(CN2CCN(Cc3cccc(Cl)c3)CC2)s1. The van der Waals surface area contributed by atoms with Gasteiger partial charge in [0.05, 0.1) is 6.54 Å². The van der Waals surface area contributed by atoms with Gasteiger partial charge in [-0.2, -0.15) is 0 Å². The van der Waals surface area contributed by atoms with Crippen molar-refractivity contribution in [3.05, 3.63) is 75.2 Å². The Bertz CT molecular complexity index is 956. The van der Waals surface area contributed by atoms with Gasteiger partial charge in [0, 0.05) is 43.4 Å². The van der Waals surface area contributed by atoms with E-state index in [0.29, 0.717) is 5.01 Å². The number of halogens is 1. The van der Waals surface area contributed by atoms with Crippen LogP contribution in [0.3, 0.4) is 0 Å². The van der Waals surface area contributed by atoms with E-state index in [1.165, 1.54) is 16.9 Å². The molecule has 8 heteroatoms. The zero-order valence-electron chi connectivity index (χ0n) is 15.9. The third-order valence-electron chi connectivity index (χ3n) is 4.81. The number of para-hydroxylation sites is 1. The van der Waals surface area contributed by atoms with Gasteiger partial charge in [0.1, 0.15) is 5.01 Å². The van der Waals surface area contributed by atoms with E-state index in [1.807, 2.05) is 48.5 Å². The normalized spacial score (nSPS) is 15.3. The fraction of sp³-hybridized carbons (Fsp3) is 0.286. The molecule has 1 N–H and O–H groups in total. The molecule has 29 heavy (non-hydrogen) atoms. The molecular weight excluding hydrogens is 406 g/mol. The van der Waals surface area contributed by atoms with Crippen molar-refractivity contribution in [2.24, 2.45) is 0 Å². The summed E-state index contributed by atoms with van der Waals surface area (Å²) in [7, 11) is 0. The maximum atomic E-state index is 12.3.